The number of para-hydroxylation sites is 1. The zero-order valence-corrected chi connectivity index (χ0v) is 18.9. The van der Waals surface area contributed by atoms with Crippen LogP contribution in [0.2, 0.25) is 0 Å². The summed E-state index contributed by atoms with van der Waals surface area (Å²) in [6.07, 6.45) is 2.08. The molecule has 35 heavy (non-hydrogen) atoms. The second-order valence-electron chi connectivity index (χ2n) is 9.27. The largest absolute Gasteiger partial charge is 0.462 e. The van der Waals surface area contributed by atoms with Crippen molar-refractivity contribution >= 4 is 35.3 Å². The quantitative estimate of drug-likeness (QED) is 0.362. The molecule has 0 radical (unpaired) electrons. The van der Waals surface area contributed by atoms with E-state index in [4.69, 9.17) is 4.74 Å². The number of esters is 1. The SMILES string of the molecule is O=C1c2ccccc2C(=O)N1CCCOC(=O)C12CCC(=O)N1c1ccccc1C(=O)N2C1CC1. The molecule has 9 nitrogen and oxygen atoms in total. The van der Waals surface area contributed by atoms with Crippen LogP contribution < -0.4 is 4.90 Å². The Labute approximate surface area is 201 Å². The standard InChI is InChI=1S/C26H23N3O6/c30-21-12-13-26(28(16-10-11-16)24(33)19-8-3-4-9-20(19)29(21)26)25(34)35-15-5-14-27-22(31)17-6-1-2-7-18(17)23(27)32/h1-4,6-9,16H,5,10-15H2. The van der Waals surface area contributed by atoms with Crippen LogP contribution in [0.1, 0.15) is 63.2 Å². The maximum atomic E-state index is 13.6. The number of hydrogen-bond acceptors (Lipinski definition) is 6. The summed E-state index contributed by atoms with van der Waals surface area (Å²) in [7, 11) is 0. The van der Waals surface area contributed by atoms with Crippen LogP contribution in [0.5, 0.6) is 0 Å². The molecule has 3 heterocycles. The first-order valence-electron chi connectivity index (χ1n) is 11.8. The summed E-state index contributed by atoms with van der Waals surface area (Å²) in [6.45, 7) is 0.0493. The minimum atomic E-state index is -1.50. The number of benzene rings is 2. The lowest BCUT2D eigenvalue weighted by atomic mass is 9.96. The molecule has 9 heteroatoms. The van der Waals surface area contributed by atoms with Crippen molar-refractivity contribution < 1.29 is 28.7 Å². The molecule has 0 aromatic heterocycles. The number of hydrogen-bond donors (Lipinski definition) is 0. The molecule has 2 aromatic carbocycles. The maximum absolute atomic E-state index is 13.6. The molecule has 3 aliphatic heterocycles. The second-order valence-corrected chi connectivity index (χ2v) is 9.27. The van der Waals surface area contributed by atoms with Crippen LogP contribution in [0.4, 0.5) is 5.69 Å². The molecule has 2 fully saturated rings. The van der Waals surface area contributed by atoms with Gasteiger partial charge in [-0.3, -0.25) is 29.0 Å². The monoisotopic (exact) mass is 473 g/mol. The highest BCUT2D eigenvalue weighted by molar-refractivity contribution is 6.21. The van der Waals surface area contributed by atoms with Gasteiger partial charge in [-0.25, -0.2) is 4.79 Å². The highest BCUT2D eigenvalue weighted by Crippen LogP contribution is 2.49. The number of anilines is 1. The molecule has 1 saturated carbocycles. The Morgan fingerprint density at radius 3 is 2.17 bits per heavy atom. The van der Waals surface area contributed by atoms with Crippen molar-refractivity contribution in [1.29, 1.82) is 0 Å². The molecule has 0 spiro atoms. The smallest absolute Gasteiger partial charge is 0.353 e. The maximum Gasteiger partial charge on any atom is 0.353 e. The molecular weight excluding hydrogens is 450 g/mol. The van der Waals surface area contributed by atoms with Crippen molar-refractivity contribution in [2.45, 2.75) is 43.8 Å². The molecule has 6 rings (SSSR count). The molecule has 1 atom stereocenters. The van der Waals surface area contributed by atoms with E-state index in [1.807, 2.05) is 0 Å². The molecule has 1 unspecified atom stereocenters. The van der Waals surface area contributed by atoms with E-state index in [0.29, 0.717) is 22.4 Å². The van der Waals surface area contributed by atoms with Gasteiger partial charge >= 0.3 is 5.97 Å². The van der Waals surface area contributed by atoms with E-state index >= 15 is 0 Å². The summed E-state index contributed by atoms with van der Waals surface area (Å²) >= 11 is 0. The third-order valence-corrected chi connectivity index (χ3v) is 7.18. The minimum Gasteiger partial charge on any atom is -0.462 e. The van der Waals surface area contributed by atoms with Gasteiger partial charge in [-0.1, -0.05) is 24.3 Å². The first-order valence-corrected chi connectivity index (χ1v) is 11.8. The fraction of sp³-hybridized carbons (Fsp3) is 0.346. The average molecular weight is 473 g/mol. The number of ether oxygens (including phenoxy) is 1. The molecule has 1 aliphatic carbocycles. The number of rotatable bonds is 6. The van der Waals surface area contributed by atoms with Crippen molar-refractivity contribution in [1.82, 2.24) is 9.80 Å². The van der Waals surface area contributed by atoms with E-state index in [1.165, 1.54) is 4.90 Å². The average Bonchev–Trinajstić information content (AvgIpc) is 3.60. The number of fused-ring (bicyclic) bond motifs is 4. The van der Waals surface area contributed by atoms with Gasteiger partial charge in [-0.05, 0) is 43.5 Å². The fourth-order valence-corrected chi connectivity index (χ4v) is 5.46. The lowest BCUT2D eigenvalue weighted by Gasteiger charge is -2.48. The fourth-order valence-electron chi connectivity index (χ4n) is 5.46. The summed E-state index contributed by atoms with van der Waals surface area (Å²) < 4.78 is 5.64. The van der Waals surface area contributed by atoms with Crippen molar-refractivity contribution in [2.24, 2.45) is 0 Å². The number of carbonyl (C=O) groups excluding carboxylic acids is 5. The van der Waals surface area contributed by atoms with Gasteiger partial charge in [-0.15, -0.1) is 0 Å². The lowest BCUT2D eigenvalue weighted by molar-refractivity contribution is -0.157. The Kier molecular flexibility index (Phi) is 4.77. The molecule has 0 N–H and O–H groups in total. The summed E-state index contributed by atoms with van der Waals surface area (Å²) in [4.78, 5) is 69.2. The van der Waals surface area contributed by atoms with Crippen molar-refractivity contribution in [3.05, 3.63) is 65.2 Å². The number of imide groups is 1. The third kappa shape index (κ3) is 3.03. The van der Waals surface area contributed by atoms with Crippen molar-refractivity contribution in [3.8, 4) is 0 Å². The second kappa shape index (κ2) is 7.76. The highest BCUT2D eigenvalue weighted by Gasteiger charge is 2.64. The van der Waals surface area contributed by atoms with Gasteiger partial charge in [0, 0.05) is 25.4 Å². The van der Waals surface area contributed by atoms with Gasteiger partial charge in [0.05, 0.1) is 29.0 Å². The van der Waals surface area contributed by atoms with Crippen LogP contribution in [0.3, 0.4) is 0 Å². The zero-order chi connectivity index (χ0) is 24.3. The predicted octanol–water partition coefficient (Wildman–Crippen LogP) is 2.36. The first-order chi connectivity index (χ1) is 16.9. The van der Waals surface area contributed by atoms with E-state index in [2.05, 4.69) is 0 Å². The Morgan fingerprint density at radius 1 is 0.886 bits per heavy atom. The van der Waals surface area contributed by atoms with Crippen LogP contribution in [0.25, 0.3) is 0 Å². The Morgan fingerprint density at radius 2 is 1.51 bits per heavy atom. The Balaban J connectivity index is 1.20. The van der Waals surface area contributed by atoms with Crippen LogP contribution in [0, 0.1) is 0 Å². The van der Waals surface area contributed by atoms with Crippen LogP contribution in [0.15, 0.2) is 48.5 Å². The molecule has 1 saturated heterocycles. The van der Waals surface area contributed by atoms with E-state index < -0.39 is 11.6 Å². The predicted molar refractivity (Wildman–Crippen MR) is 122 cm³/mol. The third-order valence-electron chi connectivity index (χ3n) is 7.18. The molecule has 0 bridgehead atoms. The van der Waals surface area contributed by atoms with E-state index in [-0.39, 0.29) is 62.1 Å². The van der Waals surface area contributed by atoms with Gasteiger partial charge in [0.25, 0.3) is 17.7 Å². The minimum absolute atomic E-state index is 0.0512. The van der Waals surface area contributed by atoms with E-state index in [9.17, 15) is 24.0 Å². The highest BCUT2D eigenvalue weighted by atomic mass is 16.5. The van der Waals surface area contributed by atoms with Crippen molar-refractivity contribution in [3.63, 3.8) is 0 Å². The van der Waals surface area contributed by atoms with Gasteiger partial charge in [-0.2, -0.15) is 0 Å². The molecule has 178 valence electrons. The van der Waals surface area contributed by atoms with Gasteiger partial charge < -0.3 is 9.64 Å². The lowest BCUT2D eigenvalue weighted by Crippen LogP contribution is -2.69. The van der Waals surface area contributed by atoms with Crippen molar-refractivity contribution in [2.75, 3.05) is 18.1 Å². The molecule has 4 amide bonds. The number of carbonyl (C=O) groups is 5. The Hall–Kier alpha value is -4.01. The molecular formula is C26H23N3O6. The molecule has 4 aliphatic rings. The van der Waals surface area contributed by atoms with Gasteiger partial charge in [0.15, 0.2) is 0 Å². The number of amides is 4. The zero-order valence-electron chi connectivity index (χ0n) is 18.9. The van der Waals surface area contributed by atoms with Crippen LogP contribution in [-0.2, 0) is 14.3 Å². The Bertz CT molecular complexity index is 1270. The summed E-state index contributed by atoms with van der Waals surface area (Å²) in [6, 6.07) is 13.4. The summed E-state index contributed by atoms with van der Waals surface area (Å²) in [5.41, 5.74) is 0.0728. The molecule has 2 aromatic rings. The van der Waals surface area contributed by atoms with Crippen LogP contribution >= 0.6 is 0 Å². The number of nitrogens with zero attached hydrogens (tertiary/aromatic N) is 3. The normalized spacial score (nSPS) is 22.9. The first kappa shape index (κ1) is 21.5. The van der Waals surface area contributed by atoms with Gasteiger partial charge in [0.2, 0.25) is 11.6 Å². The van der Waals surface area contributed by atoms with Crippen LogP contribution in [-0.4, -0.2) is 64.3 Å². The van der Waals surface area contributed by atoms with Gasteiger partial charge in [0.1, 0.15) is 0 Å². The summed E-state index contributed by atoms with van der Waals surface area (Å²) in [5, 5.41) is 0. The topological polar surface area (TPSA) is 104 Å². The van der Waals surface area contributed by atoms with E-state index in [0.717, 1.165) is 17.7 Å². The summed E-state index contributed by atoms with van der Waals surface area (Å²) in [5.74, 6) is -1.87. The van der Waals surface area contributed by atoms with E-state index in [1.54, 1.807) is 53.4 Å².